The highest BCUT2D eigenvalue weighted by Crippen LogP contribution is 2.32. The third kappa shape index (κ3) is 5.16. The molecule has 0 N–H and O–H groups in total. The quantitative estimate of drug-likeness (QED) is 0.145. The number of hydrogen-bond donors (Lipinski definition) is 0. The minimum absolute atomic E-state index is 0.0592. The zero-order chi connectivity index (χ0) is 29.6. The van der Waals surface area contributed by atoms with E-state index in [4.69, 9.17) is 12.2 Å². The summed E-state index contributed by atoms with van der Waals surface area (Å²) in [6.07, 6.45) is 1.71. The standard InChI is InChI=1S/C35H35N3O2S/c1-22-13-16-30(19-23(22)2)38-33(40)31(32(39)37(34(38)41)28-11-9-8-10-12-28)21-26-20-24(3)36(25(26)4)29-17-14-27(15-18-29)35(5,6)7/h8-21H,1-7H3/b31-21-. The van der Waals surface area contributed by atoms with E-state index in [2.05, 4.69) is 49.6 Å². The molecule has 2 amide bonds. The highest BCUT2D eigenvalue weighted by Gasteiger charge is 2.41. The van der Waals surface area contributed by atoms with Gasteiger partial charge in [-0.25, -0.2) is 0 Å². The van der Waals surface area contributed by atoms with E-state index in [1.54, 1.807) is 6.08 Å². The molecule has 41 heavy (non-hydrogen) atoms. The van der Waals surface area contributed by atoms with Crippen LogP contribution in [0.2, 0.25) is 0 Å². The fourth-order valence-corrected chi connectivity index (χ4v) is 5.60. The molecule has 1 aromatic heterocycles. The van der Waals surface area contributed by atoms with E-state index in [0.29, 0.717) is 11.4 Å². The summed E-state index contributed by atoms with van der Waals surface area (Å²) in [5.41, 5.74) is 8.55. The summed E-state index contributed by atoms with van der Waals surface area (Å²) in [6.45, 7) is 14.6. The van der Waals surface area contributed by atoms with Crippen molar-refractivity contribution in [2.75, 3.05) is 9.80 Å². The molecule has 6 heteroatoms. The molecule has 4 aromatic rings. The van der Waals surface area contributed by atoms with Crippen LogP contribution in [-0.2, 0) is 15.0 Å². The van der Waals surface area contributed by atoms with Crippen LogP contribution in [-0.4, -0.2) is 21.5 Å². The summed E-state index contributed by atoms with van der Waals surface area (Å²) in [4.78, 5) is 30.9. The van der Waals surface area contributed by atoms with Crippen molar-refractivity contribution in [2.45, 2.75) is 53.9 Å². The third-order valence-electron chi connectivity index (χ3n) is 7.77. The second kappa shape index (κ2) is 10.6. The van der Waals surface area contributed by atoms with Crippen molar-refractivity contribution in [1.29, 1.82) is 0 Å². The molecular formula is C35H35N3O2S. The lowest BCUT2D eigenvalue weighted by atomic mass is 9.87. The molecular weight excluding hydrogens is 526 g/mol. The molecule has 5 nitrogen and oxygen atoms in total. The second-order valence-electron chi connectivity index (χ2n) is 11.7. The molecule has 1 fully saturated rings. The zero-order valence-corrected chi connectivity index (χ0v) is 25.5. The Balaban J connectivity index is 1.63. The van der Waals surface area contributed by atoms with Gasteiger partial charge in [-0.15, -0.1) is 0 Å². The maximum atomic E-state index is 14.0. The average Bonchev–Trinajstić information content (AvgIpc) is 3.21. The molecule has 2 heterocycles. The molecule has 1 aliphatic rings. The van der Waals surface area contributed by atoms with Crippen LogP contribution in [0.5, 0.6) is 0 Å². The first kappa shape index (κ1) is 28.2. The van der Waals surface area contributed by atoms with Crippen LogP contribution >= 0.6 is 12.2 Å². The van der Waals surface area contributed by atoms with Crippen LogP contribution in [0.4, 0.5) is 11.4 Å². The van der Waals surface area contributed by atoms with Crippen molar-refractivity contribution >= 4 is 46.6 Å². The number of rotatable bonds is 4. The van der Waals surface area contributed by atoms with Crippen LogP contribution in [0.1, 0.15) is 54.4 Å². The predicted octanol–water partition coefficient (Wildman–Crippen LogP) is 7.76. The van der Waals surface area contributed by atoms with Gasteiger partial charge >= 0.3 is 0 Å². The number of para-hydroxylation sites is 1. The minimum Gasteiger partial charge on any atom is -0.318 e. The first-order valence-corrected chi connectivity index (χ1v) is 14.2. The number of carbonyl (C=O) groups excluding carboxylic acids is 2. The fraction of sp³-hybridized carbons (Fsp3) is 0.229. The summed E-state index contributed by atoms with van der Waals surface area (Å²) in [5, 5.41) is 0.135. The molecule has 0 atom stereocenters. The Morgan fingerprint density at radius 2 is 1.27 bits per heavy atom. The van der Waals surface area contributed by atoms with Gasteiger partial charge in [0.2, 0.25) is 0 Å². The minimum atomic E-state index is -0.439. The van der Waals surface area contributed by atoms with E-state index in [9.17, 15) is 9.59 Å². The van der Waals surface area contributed by atoms with Crippen LogP contribution in [0.25, 0.3) is 11.8 Å². The molecule has 0 bridgehead atoms. The Kier molecular flexibility index (Phi) is 7.30. The number of benzene rings is 3. The van der Waals surface area contributed by atoms with Crippen LogP contribution < -0.4 is 9.80 Å². The van der Waals surface area contributed by atoms with Crippen LogP contribution in [0.15, 0.2) is 84.4 Å². The normalized spacial score (nSPS) is 15.3. The number of amides is 2. The van der Waals surface area contributed by atoms with Crippen molar-refractivity contribution in [1.82, 2.24) is 4.57 Å². The molecule has 0 spiro atoms. The number of thiocarbonyl (C=S) groups is 1. The Hall–Kier alpha value is -4.29. The lowest BCUT2D eigenvalue weighted by Gasteiger charge is -2.36. The van der Waals surface area contributed by atoms with E-state index in [1.165, 1.54) is 15.4 Å². The molecule has 208 valence electrons. The highest BCUT2D eigenvalue weighted by molar-refractivity contribution is 7.81. The van der Waals surface area contributed by atoms with Crippen molar-refractivity contribution in [3.05, 3.63) is 118 Å². The van der Waals surface area contributed by atoms with E-state index in [0.717, 1.165) is 33.8 Å². The molecule has 3 aromatic carbocycles. The Morgan fingerprint density at radius 1 is 0.683 bits per heavy atom. The molecule has 5 rings (SSSR count). The molecule has 1 saturated heterocycles. The van der Waals surface area contributed by atoms with Gasteiger partial charge in [0, 0.05) is 17.1 Å². The van der Waals surface area contributed by atoms with Crippen molar-refractivity contribution in [3.63, 3.8) is 0 Å². The van der Waals surface area contributed by atoms with Crippen molar-refractivity contribution in [3.8, 4) is 5.69 Å². The molecule has 0 unspecified atom stereocenters. The van der Waals surface area contributed by atoms with Crippen LogP contribution in [0.3, 0.4) is 0 Å². The van der Waals surface area contributed by atoms with Gasteiger partial charge in [-0.1, -0.05) is 57.2 Å². The summed E-state index contributed by atoms with van der Waals surface area (Å²) >= 11 is 5.79. The predicted molar refractivity (Wildman–Crippen MR) is 172 cm³/mol. The molecule has 0 radical (unpaired) electrons. The topological polar surface area (TPSA) is 45.6 Å². The fourth-order valence-electron chi connectivity index (χ4n) is 5.22. The second-order valence-corrected chi connectivity index (χ2v) is 12.0. The first-order valence-electron chi connectivity index (χ1n) is 13.7. The van der Waals surface area contributed by atoms with Crippen molar-refractivity contribution < 1.29 is 9.59 Å². The smallest absolute Gasteiger partial charge is 0.270 e. The Labute approximate surface area is 247 Å². The van der Waals surface area contributed by atoms with Gasteiger partial charge < -0.3 is 4.57 Å². The maximum Gasteiger partial charge on any atom is 0.270 e. The first-order chi connectivity index (χ1) is 19.4. The Morgan fingerprint density at radius 3 is 1.85 bits per heavy atom. The Bertz CT molecular complexity index is 1710. The number of anilines is 2. The van der Waals surface area contributed by atoms with Gasteiger partial charge in [0.15, 0.2) is 5.11 Å². The molecule has 0 saturated carbocycles. The van der Waals surface area contributed by atoms with Gasteiger partial charge in [-0.05, 0) is 116 Å². The van der Waals surface area contributed by atoms with E-state index >= 15 is 0 Å². The number of aryl methyl sites for hydroxylation is 3. The lowest BCUT2D eigenvalue weighted by molar-refractivity contribution is -0.120. The van der Waals surface area contributed by atoms with Gasteiger partial charge in [-0.2, -0.15) is 0 Å². The van der Waals surface area contributed by atoms with Gasteiger partial charge in [0.05, 0.1) is 11.4 Å². The largest absolute Gasteiger partial charge is 0.318 e. The van der Waals surface area contributed by atoms with E-state index in [1.807, 2.05) is 82.3 Å². The zero-order valence-electron chi connectivity index (χ0n) is 24.6. The highest BCUT2D eigenvalue weighted by atomic mass is 32.1. The van der Waals surface area contributed by atoms with Gasteiger partial charge in [0.25, 0.3) is 11.8 Å². The van der Waals surface area contributed by atoms with Gasteiger partial charge in [0.1, 0.15) is 5.57 Å². The number of nitrogens with zero attached hydrogens (tertiary/aromatic N) is 3. The summed E-state index contributed by atoms with van der Waals surface area (Å²) in [7, 11) is 0. The SMILES string of the molecule is Cc1ccc(N2C(=O)/C(=C\c3cc(C)n(-c4ccc(C(C)(C)C)cc4)c3C)C(=O)N(c3ccccc3)C2=S)cc1C. The summed E-state index contributed by atoms with van der Waals surface area (Å²) in [5.74, 6) is -0.875. The monoisotopic (exact) mass is 561 g/mol. The maximum absolute atomic E-state index is 14.0. The summed E-state index contributed by atoms with van der Waals surface area (Å²) in [6, 6.07) is 25.6. The van der Waals surface area contributed by atoms with Gasteiger partial charge in [-0.3, -0.25) is 19.4 Å². The average molecular weight is 562 g/mol. The lowest BCUT2D eigenvalue weighted by Crippen LogP contribution is -2.57. The third-order valence-corrected chi connectivity index (χ3v) is 8.14. The van der Waals surface area contributed by atoms with Crippen LogP contribution in [0, 0.1) is 27.7 Å². The molecule has 1 aliphatic heterocycles. The van der Waals surface area contributed by atoms with E-state index in [-0.39, 0.29) is 16.1 Å². The number of carbonyl (C=O) groups is 2. The van der Waals surface area contributed by atoms with E-state index < -0.39 is 11.8 Å². The summed E-state index contributed by atoms with van der Waals surface area (Å²) < 4.78 is 2.15. The van der Waals surface area contributed by atoms with Crippen molar-refractivity contribution in [2.24, 2.45) is 0 Å². The molecule has 0 aliphatic carbocycles. The number of hydrogen-bond acceptors (Lipinski definition) is 3. The number of aromatic nitrogens is 1.